The third-order valence-corrected chi connectivity index (χ3v) is 3.06. The molecule has 0 spiro atoms. The maximum atomic E-state index is 12.1. The van der Waals surface area contributed by atoms with Crippen molar-refractivity contribution >= 4 is 17.7 Å². The second-order valence-electron chi connectivity index (χ2n) is 5.15. The first-order valence-electron chi connectivity index (χ1n) is 6.52. The van der Waals surface area contributed by atoms with E-state index in [1.807, 2.05) is 6.07 Å². The third-order valence-electron chi connectivity index (χ3n) is 3.06. The Kier molecular flexibility index (Phi) is 5.30. The number of rotatable bonds is 4. The molecular weight excluding hydrogens is 270 g/mol. The highest BCUT2D eigenvalue weighted by molar-refractivity contribution is 6.01. The Morgan fingerprint density at radius 1 is 1.43 bits per heavy atom. The number of carboxylic acid groups (broad SMARTS) is 1. The molecule has 0 saturated carbocycles. The molecule has 21 heavy (non-hydrogen) atoms. The summed E-state index contributed by atoms with van der Waals surface area (Å²) in [6.45, 7) is 5.53. The van der Waals surface area contributed by atoms with Crippen LogP contribution >= 0.6 is 0 Å². The maximum absolute atomic E-state index is 12.1. The van der Waals surface area contributed by atoms with Crippen LogP contribution in [0.25, 0.3) is 0 Å². The number of aromatic carboxylic acids is 1. The Balaban J connectivity index is 3.00. The maximum Gasteiger partial charge on any atom is 0.337 e. The predicted molar refractivity (Wildman–Crippen MR) is 79.3 cm³/mol. The van der Waals surface area contributed by atoms with Crippen LogP contribution in [0, 0.1) is 31.1 Å². The van der Waals surface area contributed by atoms with E-state index in [1.54, 1.807) is 33.9 Å². The summed E-state index contributed by atoms with van der Waals surface area (Å²) in [7, 11) is 1.56. The molecule has 0 aliphatic rings. The molecule has 1 aromatic carbocycles. The lowest BCUT2D eigenvalue weighted by atomic mass is 10.0. The fraction of sp³-hybridized carbons (Fsp3) is 0.400. The Morgan fingerprint density at radius 2 is 2.05 bits per heavy atom. The van der Waals surface area contributed by atoms with Crippen LogP contribution in [0.3, 0.4) is 0 Å². The van der Waals surface area contributed by atoms with Gasteiger partial charge in [0.25, 0.3) is 0 Å². The largest absolute Gasteiger partial charge is 0.478 e. The van der Waals surface area contributed by atoms with Crippen molar-refractivity contribution in [2.75, 3.05) is 18.9 Å². The molecule has 0 fully saturated rings. The number of carbonyl (C=O) groups excluding carboxylic acids is 1. The molecule has 1 rings (SSSR count). The molecule has 1 aromatic rings. The molecule has 1 unspecified atom stereocenters. The van der Waals surface area contributed by atoms with Crippen LogP contribution in [-0.4, -0.2) is 35.6 Å². The number of carboxylic acids is 1. The van der Waals surface area contributed by atoms with Gasteiger partial charge in [-0.3, -0.25) is 0 Å². The summed E-state index contributed by atoms with van der Waals surface area (Å²) >= 11 is 0. The van der Waals surface area contributed by atoms with Gasteiger partial charge in [-0.25, -0.2) is 9.59 Å². The summed E-state index contributed by atoms with van der Waals surface area (Å²) in [5.74, 6) is -1.39. The lowest BCUT2D eigenvalue weighted by molar-refractivity contribution is 0.0698. The molecule has 6 nitrogen and oxygen atoms in total. The number of carbonyl (C=O) groups is 2. The molecule has 0 aliphatic heterocycles. The van der Waals surface area contributed by atoms with Crippen LogP contribution in [0.1, 0.15) is 28.4 Å². The van der Waals surface area contributed by atoms with E-state index in [1.165, 1.54) is 11.0 Å². The first-order chi connectivity index (χ1) is 9.76. The summed E-state index contributed by atoms with van der Waals surface area (Å²) < 4.78 is 0. The van der Waals surface area contributed by atoms with E-state index < -0.39 is 12.0 Å². The lowest BCUT2D eigenvalue weighted by Gasteiger charge is -2.20. The number of aryl methyl sites for hydroxylation is 2. The van der Waals surface area contributed by atoms with E-state index in [2.05, 4.69) is 5.32 Å². The van der Waals surface area contributed by atoms with Gasteiger partial charge in [0.1, 0.15) is 0 Å². The molecule has 6 heteroatoms. The number of amides is 2. The number of hydrogen-bond donors (Lipinski definition) is 2. The smallest absolute Gasteiger partial charge is 0.337 e. The van der Waals surface area contributed by atoms with E-state index in [0.717, 1.165) is 5.56 Å². The van der Waals surface area contributed by atoms with Gasteiger partial charge < -0.3 is 15.3 Å². The van der Waals surface area contributed by atoms with Crippen LogP contribution in [0.2, 0.25) is 0 Å². The second kappa shape index (κ2) is 6.75. The molecule has 0 bridgehead atoms. The van der Waals surface area contributed by atoms with Crippen LogP contribution in [0.5, 0.6) is 0 Å². The number of nitrogens with zero attached hydrogens (tertiary/aromatic N) is 2. The molecule has 1 atom stereocenters. The van der Waals surface area contributed by atoms with E-state index in [4.69, 9.17) is 5.26 Å². The SMILES string of the molecule is Cc1cc(C)c(NC(=O)N(C)CC(C)C#N)c(C(=O)O)c1. The third kappa shape index (κ3) is 4.21. The highest BCUT2D eigenvalue weighted by Crippen LogP contribution is 2.23. The van der Waals surface area contributed by atoms with Crippen molar-refractivity contribution in [2.24, 2.45) is 5.92 Å². The lowest BCUT2D eigenvalue weighted by Crippen LogP contribution is -2.35. The standard InChI is InChI=1S/C15H19N3O3/c1-9-5-11(3)13(12(6-9)14(19)20)17-15(21)18(4)8-10(2)7-16/h5-6,10H,8H2,1-4H3,(H,17,21)(H,19,20). The monoisotopic (exact) mass is 289 g/mol. The first kappa shape index (κ1) is 16.5. The number of anilines is 1. The van der Waals surface area contributed by atoms with Crippen molar-refractivity contribution in [3.05, 3.63) is 28.8 Å². The predicted octanol–water partition coefficient (Wildman–Crippen LogP) is 2.63. The topological polar surface area (TPSA) is 93.4 Å². The number of nitriles is 1. The van der Waals surface area contributed by atoms with Gasteiger partial charge in [0, 0.05) is 13.6 Å². The molecule has 0 radical (unpaired) electrons. The van der Waals surface area contributed by atoms with Gasteiger partial charge in [0.05, 0.1) is 23.2 Å². The van der Waals surface area contributed by atoms with Crippen LogP contribution in [-0.2, 0) is 0 Å². The van der Waals surface area contributed by atoms with Gasteiger partial charge in [0.15, 0.2) is 0 Å². The molecule has 0 saturated heterocycles. The highest BCUT2D eigenvalue weighted by atomic mass is 16.4. The second-order valence-corrected chi connectivity index (χ2v) is 5.15. The Labute approximate surface area is 124 Å². The first-order valence-corrected chi connectivity index (χ1v) is 6.52. The summed E-state index contributed by atoms with van der Waals surface area (Å²) in [4.78, 5) is 24.7. The Morgan fingerprint density at radius 3 is 2.57 bits per heavy atom. The summed E-state index contributed by atoms with van der Waals surface area (Å²) in [6, 6.07) is 4.93. The molecular formula is C15H19N3O3. The van der Waals surface area contributed by atoms with Gasteiger partial charge >= 0.3 is 12.0 Å². The molecule has 0 heterocycles. The van der Waals surface area contributed by atoms with Crippen molar-refractivity contribution in [2.45, 2.75) is 20.8 Å². The van der Waals surface area contributed by atoms with E-state index in [0.29, 0.717) is 5.56 Å². The van der Waals surface area contributed by atoms with E-state index >= 15 is 0 Å². The number of hydrogen-bond acceptors (Lipinski definition) is 3. The van der Waals surface area contributed by atoms with Gasteiger partial charge in [-0.2, -0.15) is 5.26 Å². The quantitative estimate of drug-likeness (QED) is 0.891. The summed E-state index contributed by atoms with van der Waals surface area (Å²) in [5, 5.41) is 20.6. The minimum Gasteiger partial charge on any atom is -0.478 e. The molecule has 0 aromatic heterocycles. The molecule has 0 aliphatic carbocycles. The van der Waals surface area contributed by atoms with Gasteiger partial charge in [-0.05, 0) is 38.0 Å². The van der Waals surface area contributed by atoms with Crippen LogP contribution in [0.15, 0.2) is 12.1 Å². The zero-order valence-corrected chi connectivity index (χ0v) is 12.6. The fourth-order valence-electron chi connectivity index (χ4n) is 2.04. The average Bonchev–Trinajstić information content (AvgIpc) is 2.40. The molecule has 2 amide bonds. The fourth-order valence-corrected chi connectivity index (χ4v) is 2.04. The van der Waals surface area contributed by atoms with Crippen molar-refractivity contribution in [3.63, 3.8) is 0 Å². The highest BCUT2D eigenvalue weighted by Gasteiger charge is 2.18. The van der Waals surface area contributed by atoms with E-state index in [-0.39, 0.29) is 23.7 Å². The van der Waals surface area contributed by atoms with Crippen molar-refractivity contribution in [1.82, 2.24) is 4.90 Å². The zero-order valence-electron chi connectivity index (χ0n) is 12.6. The van der Waals surface area contributed by atoms with Crippen LogP contribution in [0.4, 0.5) is 10.5 Å². The van der Waals surface area contributed by atoms with Gasteiger partial charge in [-0.15, -0.1) is 0 Å². The molecule has 2 N–H and O–H groups in total. The Hall–Kier alpha value is -2.55. The van der Waals surface area contributed by atoms with Crippen molar-refractivity contribution < 1.29 is 14.7 Å². The van der Waals surface area contributed by atoms with Crippen LogP contribution < -0.4 is 5.32 Å². The Bertz CT molecular complexity index is 605. The number of benzene rings is 1. The minimum atomic E-state index is -1.09. The minimum absolute atomic E-state index is 0.0579. The summed E-state index contributed by atoms with van der Waals surface area (Å²) in [6.07, 6.45) is 0. The summed E-state index contributed by atoms with van der Waals surface area (Å²) in [5.41, 5.74) is 1.84. The normalized spacial score (nSPS) is 11.4. The molecule has 112 valence electrons. The zero-order chi connectivity index (χ0) is 16.2. The number of urea groups is 1. The van der Waals surface area contributed by atoms with Crippen molar-refractivity contribution in [1.29, 1.82) is 5.26 Å². The van der Waals surface area contributed by atoms with Gasteiger partial charge in [-0.1, -0.05) is 6.07 Å². The van der Waals surface area contributed by atoms with Gasteiger partial charge in [0.2, 0.25) is 0 Å². The van der Waals surface area contributed by atoms with E-state index in [9.17, 15) is 14.7 Å². The average molecular weight is 289 g/mol. The van der Waals surface area contributed by atoms with Crippen molar-refractivity contribution in [3.8, 4) is 6.07 Å². The number of nitrogens with one attached hydrogen (secondary N) is 1.